The van der Waals surface area contributed by atoms with E-state index in [0.29, 0.717) is 36.2 Å². The number of nitrogens with one attached hydrogen (secondary N) is 1. The first-order chi connectivity index (χ1) is 15.1. The lowest BCUT2D eigenvalue weighted by molar-refractivity contribution is 0.0919. The molecule has 2 heterocycles. The standard InChI is InChI=1S/C24H25N3O4/c1-16(14-28-2)31-21-12-18(23-26-22-8-5-9-25-24(22)27-23)11-20(13-21)30-15-17-6-4-7-19(10-17)29-3/h4-13,16H,14-15H2,1-3H3,(H,25,26,27). The molecule has 0 aliphatic rings. The molecule has 0 fully saturated rings. The maximum Gasteiger partial charge on any atom is 0.178 e. The number of imidazole rings is 1. The van der Waals surface area contributed by atoms with E-state index in [1.807, 2.05) is 61.5 Å². The Kier molecular flexibility index (Phi) is 6.33. The molecule has 4 aromatic rings. The second kappa shape index (κ2) is 9.49. The second-order valence-electron chi connectivity index (χ2n) is 7.18. The first kappa shape index (κ1) is 20.7. The number of fused-ring (bicyclic) bond motifs is 1. The van der Waals surface area contributed by atoms with Crippen LogP contribution >= 0.6 is 0 Å². The Morgan fingerprint density at radius 1 is 0.968 bits per heavy atom. The predicted octanol–water partition coefficient (Wildman–Crippen LogP) is 4.63. The van der Waals surface area contributed by atoms with Gasteiger partial charge in [0, 0.05) is 24.9 Å². The lowest BCUT2D eigenvalue weighted by Gasteiger charge is -2.16. The van der Waals surface area contributed by atoms with Crippen LogP contribution in [0.1, 0.15) is 12.5 Å². The van der Waals surface area contributed by atoms with Crippen LogP contribution < -0.4 is 14.2 Å². The summed E-state index contributed by atoms with van der Waals surface area (Å²) in [6, 6.07) is 17.4. The molecule has 0 amide bonds. The van der Waals surface area contributed by atoms with Gasteiger partial charge in [0.05, 0.1) is 19.2 Å². The van der Waals surface area contributed by atoms with Gasteiger partial charge in [-0.15, -0.1) is 0 Å². The van der Waals surface area contributed by atoms with Crippen molar-refractivity contribution in [1.82, 2.24) is 15.0 Å². The largest absolute Gasteiger partial charge is 0.497 e. The highest BCUT2D eigenvalue weighted by molar-refractivity contribution is 5.76. The number of rotatable bonds is 9. The Balaban J connectivity index is 1.63. The lowest BCUT2D eigenvalue weighted by Crippen LogP contribution is -2.18. The van der Waals surface area contributed by atoms with Gasteiger partial charge in [0.15, 0.2) is 5.65 Å². The molecule has 0 aliphatic heterocycles. The number of hydrogen-bond donors (Lipinski definition) is 1. The van der Waals surface area contributed by atoms with Crippen molar-refractivity contribution < 1.29 is 18.9 Å². The van der Waals surface area contributed by atoms with Crippen LogP contribution in [0.5, 0.6) is 17.2 Å². The van der Waals surface area contributed by atoms with Crippen molar-refractivity contribution in [2.45, 2.75) is 19.6 Å². The molecule has 7 heteroatoms. The number of methoxy groups -OCH3 is 2. The van der Waals surface area contributed by atoms with E-state index in [9.17, 15) is 0 Å². The van der Waals surface area contributed by atoms with Gasteiger partial charge in [-0.2, -0.15) is 0 Å². The molecule has 7 nitrogen and oxygen atoms in total. The quantitative estimate of drug-likeness (QED) is 0.426. The van der Waals surface area contributed by atoms with Gasteiger partial charge in [0.25, 0.3) is 0 Å². The van der Waals surface area contributed by atoms with E-state index in [-0.39, 0.29) is 6.10 Å². The number of hydrogen-bond acceptors (Lipinski definition) is 6. The summed E-state index contributed by atoms with van der Waals surface area (Å²) in [6.45, 7) is 2.84. The second-order valence-corrected chi connectivity index (χ2v) is 7.18. The van der Waals surface area contributed by atoms with E-state index >= 15 is 0 Å². The summed E-state index contributed by atoms with van der Waals surface area (Å²) in [6.07, 6.45) is 1.62. The minimum atomic E-state index is -0.108. The van der Waals surface area contributed by atoms with Gasteiger partial charge in [-0.1, -0.05) is 12.1 Å². The Hall–Kier alpha value is -3.58. The molecular formula is C24H25N3O4. The fourth-order valence-corrected chi connectivity index (χ4v) is 3.27. The first-order valence-electron chi connectivity index (χ1n) is 10.0. The third-order valence-electron chi connectivity index (χ3n) is 4.69. The average molecular weight is 419 g/mol. The summed E-state index contributed by atoms with van der Waals surface area (Å²) in [5.74, 6) is 2.84. The number of ether oxygens (including phenoxy) is 4. The van der Waals surface area contributed by atoms with Gasteiger partial charge >= 0.3 is 0 Å². The maximum absolute atomic E-state index is 6.09. The zero-order chi connectivity index (χ0) is 21.6. The topological polar surface area (TPSA) is 78.5 Å². The monoisotopic (exact) mass is 419 g/mol. The highest BCUT2D eigenvalue weighted by Crippen LogP contribution is 2.30. The number of aromatic amines is 1. The molecule has 0 aliphatic carbocycles. The molecule has 0 saturated heterocycles. The van der Waals surface area contributed by atoms with E-state index in [4.69, 9.17) is 18.9 Å². The van der Waals surface area contributed by atoms with Crippen molar-refractivity contribution in [2.24, 2.45) is 0 Å². The summed E-state index contributed by atoms with van der Waals surface area (Å²) in [5, 5.41) is 0. The van der Waals surface area contributed by atoms with Gasteiger partial charge in [0.2, 0.25) is 0 Å². The van der Waals surface area contributed by atoms with Gasteiger partial charge in [-0.05, 0) is 48.9 Å². The van der Waals surface area contributed by atoms with Crippen molar-refractivity contribution in [2.75, 3.05) is 20.8 Å². The molecule has 0 spiro atoms. The molecule has 2 aromatic heterocycles. The summed E-state index contributed by atoms with van der Waals surface area (Å²) in [7, 11) is 3.30. The maximum atomic E-state index is 6.09. The van der Waals surface area contributed by atoms with Crippen LogP contribution in [0.4, 0.5) is 0 Å². The van der Waals surface area contributed by atoms with E-state index in [1.165, 1.54) is 0 Å². The molecule has 2 aromatic carbocycles. The highest BCUT2D eigenvalue weighted by atomic mass is 16.5. The molecular weight excluding hydrogens is 394 g/mol. The first-order valence-corrected chi connectivity index (χ1v) is 10.0. The number of H-pyrrole nitrogens is 1. The van der Waals surface area contributed by atoms with Gasteiger partial charge in [0.1, 0.15) is 35.8 Å². The summed E-state index contributed by atoms with van der Waals surface area (Å²) < 4.78 is 22.6. The van der Waals surface area contributed by atoms with Crippen molar-refractivity contribution in [1.29, 1.82) is 0 Å². The number of nitrogens with zero attached hydrogens (tertiary/aromatic N) is 2. The molecule has 1 N–H and O–H groups in total. The fourth-order valence-electron chi connectivity index (χ4n) is 3.27. The Labute approximate surface area is 181 Å². The normalized spacial score (nSPS) is 12.0. The van der Waals surface area contributed by atoms with E-state index in [2.05, 4.69) is 15.0 Å². The van der Waals surface area contributed by atoms with Crippen molar-refractivity contribution >= 4 is 11.2 Å². The minimum absolute atomic E-state index is 0.108. The zero-order valence-corrected chi connectivity index (χ0v) is 17.8. The minimum Gasteiger partial charge on any atom is -0.497 e. The van der Waals surface area contributed by atoms with Crippen LogP contribution in [0.2, 0.25) is 0 Å². The van der Waals surface area contributed by atoms with E-state index in [1.54, 1.807) is 20.4 Å². The van der Waals surface area contributed by atoms with Gasteiger partial charge < -0.3 is 23.9 Å². The molecule has 0 radical (unpaired) electrons. The van der Waals surface area contributed by atoms with Gasteiger partial charge in [-0.3, -0.25) is 0 Å². The summed E-state index contributed by atoms with van der Waals surface area (Å²) in [4.78, 5) is 12.2. The number of benzene rings is 2. The van der Waals surface area contributed by atoms with Crippen molar-refractivity contribution in [3.63, 3.8) is 0 Å². The average Bonchev–Trinajstić information content (AvgIpc) is 3.22. The number of pyridine rings is 1. The molecule has 1 atom stereocenters. The van der Waals surface area contributed by atoms with Crippen molar-refractivity contribution in [3.05, 3.63) is 66.4 Å². The van der Waals surface area contributed by atoms with Crippen LogP contribution in [-0.4, -0.2) is 41.9 Å². The van der Waals surface area contributed by atoms with Crippen LogP contribution in [0.3, 0.4) is 0 Å². The summed E-state index contributed by atoms with van der Waals surface area (Å²) >= 11 is 0. The molecule has 160 valence electrons. The lowest BCUT2D eigenvalue weighted by atomic mass is 10.2. The van der Waals surface area contributed by atoms with Crippen molar-refractivity contribution in [3.8, 4) is 28.6 Å². The SMILES string of the molecule is COCC(C)Oc1cc(OCc2cccc(OC)c2)cc(-c2nc3ncccc3[nH]2)c1. The third-order valence-corrected chi connectivity index (χ3v) is 4.69. The fraction of sp³-hybridized carbons (Fsp3) is 0.250. The summed E-state index contributed by atoms with van der Waals surface area (Å²) in [5.41, 5.74) is 3.39. The van der Waals surface area contributed by atoms with E-state index in [0.717, 1.165) is 22.4 Å². The molecule has 0 bridgehead atoms. The molecule has 4 rings (SSSR count). The van der Waals surface area contributed by atoms with E-state index < -0.39 is 0 Å². The Bertz CT molecular complexity index is 1130. The molecule has 31 heavy (non-hydrogen) atoms. The van der Waals surface area contributed by atoms with Crippen LogP contribution in [-0.2, 0) is 11.3 Å². The van der Waals surface area contributed by atoms with Crippen LogP contribution in [0.25, 0.3) is 22.6 Å². The number of aromatic nitrogens is 3. The molecule has 1 unspecified atom stereocenters. The highest BCUT2D eigenvalue weighted by Gasteiger charge is 2.12. The smallest absolute Gasteiger partial charge is 0.178 e. The van der Waals surface area contributed by atoms with Crippen LogP contribution in [0, 0.1) is 0 Å². The predicted molar refractivity (Wildman–Crippen MR) is 119 cm³/mol. The van der Waals surface area contributed by atoms with Crippen LogP contribution in [0.15, 0.2) is 60.8 Å². The Morgan fingerprint density at radius 3 is 2.65 bits per heavy atom. The third kappa shape index (κ3) is 5.13. The van der Waals surface area contributed by atoms with Gasteiger partial charge in [-0.25, -0.2) is 9.97 Å². The molecule has 0 saturated carbocycles. The zero-order valence-electron chi connectivity index (χ0n) is 17.8. The Morgan fingerprint density at radius 2 is 1.84 bits per heavy atom.